The zero-order chi connectivity index (χ0) is 19.4. The number of para-hydroxylation sites is 2. The van der Waals surface area contributed by atoms with Gasteiger partial charge in [-0.15, -0.1) is 0 Å². The summed E-state index contributed by atoms with van der Waals surface area (Å²) in [5, 5.41) is 3.23. The Hall–Kier alpha value is -3.28. The lowest BCUT2D eigenvalue weighted by molar-refractivity contribution is 0.102. The summed E-state index contributed by atoms with van der Waals surface area (Å²) in [5.74, 6) is 0.659. The predicted molar refractivity (Wildman–Crippen MR) is 106 cm³/mol. The Bertz CT molecular complexity index is 1040. The number of nitrogens with one attached hydrogen (secondary N) is 1. The van der Waals surface area contributed by atoms with Crippen LogP contribution >= 0.6 is 0 Å². The van der Waals surface area contributed by atoms with Crippen LogP contribution in [0.5, 0.6) is 11.5 Å². The van der Waals surface area contributed by atoms with Crippen LogP contribution in [0.2, 0.25) is 0 Å². The highest BCUT2D eigenvalue weighted by Crippen LogP contribution is 2.24. The number of hydrogen-bond acceptors (Lipinski definition) is 4. The Morgan fingerprint density at radius 1 is 1.15 bits per heavy atom. The molecule has 0 saturated carbocycles. The fourth-order valence-corrected chi connectivity index (χ4v) is 2.97. The third-order valence-corrected chi connectivity index (χ3v) is 4.31. The second kappa shape index (κ2) is 7.95. The van der Waals surface area contributed by atoms with Gasteiger partial charge in [-0.1, -0.05) is 12.1 Å². The summed E-state index contributed by atoms with van der Waals surface area (Å²) >= 11 is 0. The number of ether oxygens (including phenoxy) is 2. The van der Waals surface area contributed by atoms with Gasteiger partial charge < -0.3 is 19.4 Å². The molecule has 6 nitrogen and oxygen atoms in total. The second-order valence-corrected chi connectivity index (χ2v) is 5.92. The van der Waals surface area contributed by atoms with Crippen LogP contribution in [0.25, 0.3) is 10.9 Å². The molecule has 0 aliphatic heterocycles. The lowest BCUT2D eigenvalue weighted by Gasteiger charge is -2.14. The Morgan fingerprint density at radius 2 is 1.93 bits per heavy atom. The van der Waals surface area contributed by atoms with Crippen LogP contribution in [-0.2, 0) is 6.54 Å². The quantitative estimate of drug-likeness (QED) is 0.722. The van der Waals surface area contributed by atoms with Crippen LogP contribution in [0.15, 0.2) is 53.5 Å². The molecule has 1 amide bonds. The topological polar surface area (TPSA) is 69.6 Å². The van der Waals surface area contributed by atoms with Crippen molar-refractivity contribution in [2.75, 3.05) is 19.0 Å². The number of rotatable bonds is 6. The van der Waals surface area contributed by atoms with Gasteiger partial charge in [-0.25, -0.2) is 0 Å². The Kier molecular flexibility index (Phi) is 5.45. The van der Waals surface area contributed by atoms with Gasteiger partial charge >= 0.3 is 0 Å². The number of carbonyl (C=O) groups is 1. The predicted octanol–water partition coefficient (Wildman–Crippen LogP) is 3.68. The molecule has 2 aromatic carbocycles. The number of nitrogens with zero attached hydrogens (tertiary/aromatic N) is 1. The number of aryl methyl sites for hydroxylation is 1. The summed E-state index contributed by atoms with van der Waals surface area (Å²) in [6, 6.07) is 12.4. The summed E-state index contributed by atoms with van der Waals surface area (Å²) in [7, 11) is 1.54. The molecule has 0 saturated heterocycles. The van der Waals surface area contributed by atoms with E-state index in [9.17, 15) is 9.59 Å². The summed E-state index contributed by atoms with van der Waals surface area (Å²) < 4.78 is 12.6. The van der Waals surface area contributed by atoms with E-state index in [2.05, 4.69) is 5.32 Å². The number of pyridine rings is 1. The normalized spacial score (nSPS) is 10.6. The van der Waals surface area contributed by atoms with E-state index < -0.39 is 5.91 Å². The van der Waals surface area contributed by atoms with Crippen molar-refractivity contribution in [1.29, 1.82) is 0 Å². The van der Waals surface area contributed by atoms with Crippen molar-refractivity contribution >= 4 is 22.5 Å². The van der Waals surface area contributed by atoms with Crippen LogP contribution in [0.3, 0.4) is 0 Å². The zero-order valence-electron chi connectivity index (χ0n) is 15.6. The number of carbonyl (C=O) groups excluding carboxylic acids is 1. The Labute approximate surface area is 157 Å². The van der Waals surface area contributed by atoms with E-state index in [4.69, 9.17) is 9.47 Å². The van der Waals surface area contributed by atoms with E-state index in [1.165, 1.54) is 0 Å². The van der Waals surface area contributed by atoms with Crippen LogP contribution in [-0.4, -0.2) is 24.2 Å². The third kappa shape index (κ3) is 3.65. The largest absolute Gasteiger partial charge is 0.497 e. The first-order valence-electron chi connectivity index (χ1n) is 8.83. The van der Waals surface area contributed by atoms with Crippen molar-refractivity contribution in [2.24, 2.45) is 0 Å². The van der Waals surface area contributed by atoms with E-state index in [1.54, 1.807) is 43.6 Å². The molecule has 0 spiro atoms. The molecule has 0 aliphatic rings. The summed E-state index contributed by atoms with van der Waals surface area (Å²) in [4.78, 5) is 25.8. The van der Waals surface area contributed by atoms with Crippen LogP contribution in [0, 0.1) is 0 Å². The number of benzene rings is 2. The smallest absolute Gasteiger partial charge is 0.261 e. The van der Waals surface area contributed by atoms with E-state index in [1.807, 2.05) is 30.5 Å². The van der Waals surface area contributed by atoms with Crippen LogP contribution in [0.1, 0.15) is 24.2 Å². The average molecular weight is 366 g/mol. The monoisotopic (exact) mass is 366 g/mol. The van der Waals surface area contributed by atoms with Crippen LogP contribution < -0.4 is 20.2 Å². The number of amides is 1. The Morgan fingerprint density at radius 3 is 2.63 bits per heavy atom. The van der Waals surface area contributed by atoms with Gasteiger partial charge in [0.2, 0.25) is 5.43 Å². The summed E-state index contributed by atoms with van der Waals surface area (Å²) in [6.45, 7) is 4.93. The van der Waals surface area contributed by atoms with Crippen molar-refractivity contribution in [3.63, 3.8) is 0 Å². The highest BCUT2D eigenvalue weighted by atomic mass is 16.5. The first-order chi connectivity index (χ1) is 13.1. The minimum atomic E-state index is -0.473. The molecule has 0 fully saturated rings. The van der Waals surface area contributed by atoms with E-state index >= 15 is 0 Å². The third-order valence-electron chi connectivity index (χ3n) is 4.31. The summed E-state index contributed by atoms with van der Waals surface area (Å²) in [5.41, 5.74) is 1.02. The molecule has 0 radical (unpaired) electrons. The first kappa shape index (κ1) is 18.5. The van der Waals surface area contributed by atoms with E-state index in [0.717, 1.165) is 5.52 Å². The number of aromatic nitrogens is 1. The van der Waals surface area contributed by atoms with Crippen molar-refractivity contribution in [3.8, 4) is 11.5 Å². The minimum absolute atomic E-state index is 0.0731. The van der Waals surface area contributed by atoms with E-state index in [-0.39, 0.29) is 11.0 Å². The molecule has 0 unspecified atom stereocenters. The maximum Gasteiger partial charge on any atom is 0.261 e. The average Bonchev–Trinajstić information content (AvgIpc) is 2.69. The molecule has 1 N–H and O–H groups in total. The molecule has 3 rings (SSSR count). The van der Waals surface area contributed by atoms with Crippen LogP contribution in [0.4, 0.5) is 5.69 Å². The van der Waals surface area contributed by atoms with Gasteiger partial charge in [0.15, 0.2) is 0 Å². The number of hydrogen-bond donors (Lipinski definition) is 1. The van der Waals surface area contributed by atoms with Crippen molar-refractivity contribution in [1.82, 2.24) is 4.57 Å². The van der Waals surface area contributed by atoms with Gasteiger partial charge in [-0.2, -0.15) is 0 Å². The molecule has 27 heavy (non-hydrogen) atoms. The molecule has 1 heterocycles. The molecule has 0 bridgehead atoms. The molecule has 0 aliphatic carbocycles. The molecular formula is C21H22N2O4. The first-order valence-corrected chi connectivity index (χ1v) is 8.83. The van der Waals surface area contributed by atoms with Gasteiger partial charge in [-0.05, 0) is 44.2 Å². The van der Waals surface area contributed by atoms with Gasteiger partial charge in [0.05, 0.1) is 30.3 Å². The van der Waals surface area contributed by atoms with Gasteiger partial charge in [0, 0.05) is 12.7 Å². The van der Waals surface area contributed by atoms with Crippen molar-refractivity contribution in [2.45, 2.75) is 20.4 Å². The lowest BCUT2D eigenvalue weighted by atomic mass is 10.1. The maximum atomic E-state index is 12.9. The van der Waals surface area contributed by atoms with Crippen molar-refractivity contribution in [3.05, 3.63) is 64.4 Å². The molecule has 3 aromatic rings. The highest BCUT2D eigenvalue weighted by Gasteiger charge is 2.17. The van der Waals surface area contributed by atoms with Gasteiger partial charge in [-0.3, -0.25) is 9.59 Å². The second-order valence-electron chi connectivity index (χ2n) is 5.92. The Balaban J connectivity index is 2.07. The molecular weight excluding hydrogens is 344 g/mol. The van der Waals surface area contributed by atoms with E-state index in [0.29, 0.717) is 35.7 Å². The maximum absolute atomic E-state index is 12.9. The zero-order valence-corrected chi connectivity index (χ0v) is 15.6. The number of methoxy groups -OCH3 is 1. The molecule has 0 atom stereocenters. The lowest BCUT2D eigenvalue weighted by Crippen LogP contribution is -2.24. The standard InChI is InChI=1S/C21H22N2O4/c1-4-23-13-16(20(24)15-12-14(26-3)10-11-18(15)23)21(25)22-17-8-6-7-9-19(17)27-5-2/h6-13H,4-5H2,1-3H3,(H,22,25). The van der Waals surface area contributed by atoms with Crippen molar-refractivity contribution < 1.29 is 14.3 Å². The molecule has 140 valence electrons. The minimum Gasteiger partial charge on any atom is -0.497 e. The van der Waals surface area contributed by atoms with Gasteiger partial charge in [0.1, 0.15) is 17.1 Å². The molecule has 6 heteroatoms. The fraction of sp³-hybridized carbons (Fsp3) is 0.238. The number of fused-ring (bicyclic) bond motifs is 1. The number of anilines is 1. The molecule has 1 aromatic heterocycles. The fourth-order valence-electron chi connectivity index (χ4n) is 2.97. The van der Waals surface area contributed by atoms with Gasteiger partial charge in [0.25, 0.3) is 5.91 Å². The SMILES string of the molecule is CCOc1ccccc1NC(=O)c1cn(CC)c2ccc(OC)cc2c1=O. The highest BCUT2D eigenvalue weighted by molar-refractivity contribution is 6.06. The summed E-state index contributed by atoms with van der Waals surface area (Å²) in [6.07, 6.45) is 1.59.